The molecule has 0 radical (unpaired) electrons. The molecular weight excluding hydrogens is 471 g/mol. The molecule has 0 aromatic heterocycles. The van der Waals surface area contributed by atoms with Gasteiger partial charge in [0, 0.05) is 24.0 Å². The zero-order valence-electron chi connectivity index (χ0n) is 20.7. The first-order valence-corrected chi connectivity index (χ1v) is 14.1. The second-order valence-electron chi connectivity index (χ2n) is 9.25. The van der Waals surface area contributed by atoms with E-state index in [-0.39, 0.29) is 0 Å². The molecule has 0 bridgehead atoms. The lowest BCUT2D eigenvalue weighted by atomic mass is 10.0. The predicted octanol–water partition coefficient (Wildman–Crippen LogP) is 6.55. The second kappa shape index (κ2) is 11.0. The normalized spacial score (nSPS) is 12.2. The monoisotopic (exact) mass is 500 g/mol. The van der Waals surface area contributed by atoms with Gasteiger partial charge in [0.1, 0.15) is 18.1 Å². The first kappa shape index (κ1) is 23.5. The van der Waals surface area contributed by atoms with Crippen LogP contribution in [-0.4, -0.2) is 6.61 Å². The van der Waals surface area contributed by atoms with E-state index in [1.807, 2.05) is 6.07 Å². The van der Waals surface area contributed by atoms with Crippen molar-refractivity contribution in [2.45, 2.75) is 19.4 Å². The highest BCUT2D eigenvalue weighted by atomic mass is 31.1. The molecule has 0 spiro atoms. The van der Waals surface area contributed by atoms with E-state index in [1.165, 1.54) is 38.2 Å². The third-order valence-corrected chi connectivity index (χ3v) is 9.30. The van der Waals surface area contributed by atoms with Gasteiger partial charge in [0.15, 0.2) is 0 Å². The fourth-order valence-electron chi connectivity index (χ4n) is 4.92. The minimum absolute atomic E-state index is 0.551. The largest absolute Gasteiger partial charge is 0.493 e. The lowest BCUT2D eigenvalue weighted by Gasteiger charge is -2.23. The Labute approximate surface area is 220 Å². The molecule has 0 atom stereocenters. The molecule has 1 heterocycles. The average Bonchev–Trinajstić information content (AvgIpc) is 3.42. The van der Waals surface area contributed by atoms with Crippen LogP contribution in [0.5, 0.6) is 11.5 Å². The summed E-state index contributed by atoms with van der Waals surface area (Å²) in [6.45, 7) is 1.29. The van der Waals surface area contributed by atoms with Crippen LogP contribution >= 0.6 is 7.92 Å². The van der Waals surface area contributed by atoms with E-state index in [4.69, 9.17) is 9.47 Å². The molecule has 5 aromatic rings. The van der Waals surface area contributed by atoms with E-state index in [9.17, 15) is 0 Å². The van der Waals surface area contributed by atoms with Crippen molar-refractivity contribution in [3.05, 3.63) is 150 Å². The third kappa shape index (κ3) is 5.31. The molecule has 0 amide bonds. The van der Waals surface area contributed by atoms with Gasteiger partial charge in [-0.25, -0.2) is 0 Å². The Morgan fingerprint density at radius 1 is 0.649 bits per heavy atom. The average molecular weight is 501 g/mol. The summed E-state index contributed by atoms with van der Waals surface area (Å²) < 4.78 is 12.4. The van der Waals surface area contributed by atoms with Gasteiger partial charge in [-0.1, -0.05) is 115 Å². The lowest BCUT2D eigenvalue weighted by Crippen LogP contribution is -2.23. The molecule has 2 nitrogen and oxygen atoms in total. The summed E-state index contributed by atoms with van der Waals surface area (Å²) >= 11 is 0. The Morgan fingerprint density at radius 2 is 1.27 bits per heavy atom. The topological polar surface area (TPSA) is 18.5 Å². The van der Waals surface area contributed by atoms with Crippen molar-refractivity contribution in [2.24, 2.45) is 0 Å². The Kier molecular flexibility index (Phi) is 7.01. The van der Waals surface area contributed by atoms with Gasteiger partial charge in [-0.3, -0.25) is 0 Å². The first-order valence-electron chi connectivity index (χ1n) is 12.8. The molecule has 0 unspecified atom stereocenters. The van der Waals surface area contributed by atoms with Gasteiger partial charge in [-0.15, -0.1) is 0 Å². The summed E-state index contributed by atoms with van der Waals surface area (Å²) in [6, 6.07) is 45.4. The predicted molar refractivity (Wildman–Crippen MR) is 154 cm³/mol. The zero-order chi connectivity index (χ0) is 24.9. The van der Waals surface area contributed by atoms with Gasteiger partial charge >= 0.3 is 0 Å². The molecular formula is C34H29O2P. The quantitative estimate of drug-likeness (QED) is 0.225. The molecule has 0 saturated carbocycles. The van der Waals surface area contributed by atoms with Crippen LogP contribution in [0.25, 0.3) is 0 Å². The molecule has 182 valence electrons. The molecule has 0 saturated heterocycles. The van der Waals surface area contributed by atoms with Crippen LogP contribution in [0.2, 0.25) is 0 Å². The molecule has 1 aliphatic heterocycles. The van der Waals surface area contributed by atoms with Crippen LogP contribution in [-0.2, 0) is 19.4 Å². The Balaban J connectivity index is 1.39. The van der Waals surface area contributed by atoms with Crippen LogP contribution in [0.4, 0.5) is 0 Å². The second-order valence-corrected chi connectivity index (χ2v) is 11.4. The Bertz CT molecular complexity index is 1430. The van der Waals surface area contributed by atoms with Crippen molar-refractivity contribution in [3.63, 3.8) is 0 Å². The van der Waals surface area contributed by atoms with E-state index in [2.05, 4.69) is 121 Å². The minimum Gasteiger partial charge on any atom is -0.493 e. The fourth-order valence-corrected chi connectivity index (χ4v) is 7.39. The van der Waals surface area contributed by atoms with Crippen LogP contribution in [0.15, 0.2) is 127 Å². The molecule has 0 N–H and O–H groups in total. The van der Waals surface area contributed by atoms with Gasteiger partial charge in [0.25, 0.3) is 0 Å². The summed E-state index contributed by atoms with van der Waals surface area (Å²) in [6.07, 6.45) is 1.72. The van der Waals surface area contributed by atoms with Crippen molar-refractivity contribution in [3.8, 4) is 11.5 Å². The highest BCUT2D eigenvalue weighted by Crippen LogP contribution is 2.37. The van der Waals surface area contributed by atoms with Gasteiger partial charge < -0.3 is 9.47 Å². The van der Waals surface area contributed by atoms with Crippen molar-refractivity contribution in [1.29, 1.82) is 0 Å². The molecule has 0 fully saturated rings. The van der Waals surface area contributed by atoms with Crippen LogP contribution in [0.3, 0.4) is 0 Å². The smallest absolute Gasteiger partial charge is 0.123 e. The van der Waals surface area contributed by atoms with Gasteiger partial charge in [0.05, 0.1) is 6.61 Å². The lowest BCUT2D eigenvalue weighted by molar-refractivity contribution is 0.302. The zero-order valence-corrected chi connectivity index (χ0v) is 21.6. The van der Waals surface area contributed by atoms with Crippen LogP contribution < -0.4 is 25.4 Å². The molecule has 37 heavy (non-hydrogen) atoms. The Hall–Kier alpha value is -3.87. The molecule has 1 aliphatic rings. The van der Waals surface area contributed by atoms with E-state index in [0.29, 0.717) is 6.61 Å². The SMILES string of the molecule is c1ccc(COc2cc3c(cc2Cc2ccccc2P(c2ccccc2)c2ccccc2)OCC3)cc1. The highest BCUT2D eigenvalue weighted by Gasteiger charge is 2.22. The van der Waals surface area contributed by atoms with E-state index < -0.39 is 7.92 Å². The van der Waals surface area contributed by atoms with Crippen molar-refractivity contribution in [2.75, 3.05) is 6.61 Å². The van der Waals surface area contributed by atoms with Crippen LogP contribution in [0.1, 0.15) is 22.3 Å². The number of benzene rings is 5. The van der Waals surface area contributed by atoms with Crippen molar-refractivity contribution >= 4 is 23.8 Å². The van der Waals surface area contributed by atoms with Crippen molar-refractivity contribution < 1.29 is 9.47 Å². The molecule has 6 rings (SSSR count). The van der Waals surface area contributed by atoms with E-state index in [0.717, 1.165) is 30.9 Å². The maximum atomic E-state index is 6.44. The first-order chi connectivity index (χ1) is 18.3. The van der Waals surface area contributed by atoms with E-state index >= 15 is 0 Å². The van der Waals surface area contributed by atoms with Gasteiger partial charge in [-0.2, -0.15) is 0 Å². The summed E-state index contributed by atoms with van der Waals surface area (Å²) in [5, 5.41) is 4.09. The van der Waals surface area contributed by atoms with Gasteiger partial charge in [0.2, 0.25) is 0 Å². The summed E-state index contributed by atoms with van der Waals surface area (Å²) in [5.74, 6) is 1.94. The summed E-state index contributed by atoms with van der Waals surface area (Å²) in [7, 11) is -0.694. The molecule has 3 heteroatoms. The van der Waals surface area contributed by atoms with Crippen molar-refractivity contribution in [1.82, 2.24) is 0 Å². The maximum Gasteiger partial charge on any atom is 0.123 e. The fraction of sp³-hybridized carbons (Fsp3) is 0.118. The standard InChI is InChI=1S/C34H29O2P/c1-4-12-26(13-5-1)25-36-33-23-27-20-21-35-32(27)24-29(33)22-28-14-10-11-19-34(28)37(30-15-6-2-7-16-30)31-17-8-3-9-18-31/h1-19,23-24H,20-22,25H2. The maximum absolute atomic E-state index is 6.44. The van der Waals surface area contributed by atoms with Crippen LogP contribution in [0, 0.1) is 0 Å². The van der Waals surface area contributed by atoms with E-state index in [1.54, 1.807) is 0 Å². The summed E-state index contributed by atoms with van der Waals surface area (Å²) in [5.41, 5.74) is 4.89. The number of ether oxygens (including phenoxy) is 2. The van der Waals surface area contributed by atoms with Gasteiger partial charge in [-0.05, 0) is 47.1 Å². The number of hydrogen-bond donors (Lipinski definition) is 0. The number of fused-ring (bicyclic) bond motifs is 1. The Morgan fingerprint density at radius 3 is 1.97 bits per heavy atom. The molecule has 0 aliphatic carbocycles. The summed E-state index contributed by atoms with van der Waals surface area (Å²) in [4.78, 5) is 0. The number of hydrogen-bond acceptors (Lipinski definition) is 2. The molecule has 5 aromatic carbocycles. The minimum atomic E-state index is -0.694. The number of rotatable bonds is 8. The third-order valence-electron chi connectivity index (χ3n) is 6.75. The highest BCUT2D eigenvalue weighted by molar-refractivity contribution is 7.79.